The van der Waals surface area contributed by atoms with Gasteiger partial charge in [-0.3, -0.25) is 4.98 Å². The van der Waals surface area contributed by atoms with Gasteiger partial charge in [-0.1, -0.05) is 0 Å². The Morgan fingerprint density at radius 2 is 2.00 bits per heavy atom. The minimum atomic E-state index is -0.172. The number of hydrogen-bond donors (Lipinski definition) is 3. The van der Waals surface area contributed by atoms with Gasteiger partial charge in [0.25, 0.3) is 0 Å². The third-order valence-electron chi connectivity index (χ3n) is 5.23. The quantitative estimate of drug-likeness (QED) is 0.663. The molecule has 0 radical (unpaired) electrons. The number of aromatic nitrogens is 4. The van der Waals surface area contributed by atoms with Gasteiger partial charge in [0.15, 0.2) is 0 Å². The molecule has 27 heavy (non-hydrogen) atoms. The van der Waals surface area contributed by atoms with Crippen LogP contribution in [0.5, 0.6) is 0 Å². The second kappa shape index (κ2) is 7.22. The van der Waals surface area contributed by atoms with Crippen LogP contribution >= 0.6 is 0 Å². The summed E-state index contributed by atoms with van der Waals surface area (Å²) in [5.74, 6) is 0.888. The van der Waals surface area contributed by atoms with Gasteiger partial charge in [-0.15, -0.1) is 0 Å². The molecule has 0 bridgehead atoms. The summed E-state index contributed by atoms with van der Waals surface area (Å²) in [4.78, 5) is 30.6. The van der Waals surface area contributed by atoms with E-state index in [4.69, 9.17) is 0 Å². The van der Waals surface area contributed by atoms with E-state index < -0.39 is 0 Å². The number of fused-ring (bicyclic) bond motifs is 1. The highest BCUT2D eigenvalue weighted by Gasteiger charge is 2.22. The number of imidazole rings is 1. The maximum Gasteiger partial charge on any atom is 0.319 e. The molecular formula is C19H23N7O. The zero-order chi connectivity index (χ0) is 18.8. The summed E-state index contributed by atoms with van der Waals surface area (Å²) in [6.07, 6.45) is 8.58. The summed E-state index contributed by atoms with van der Waals surface area (Å²) in [5.41, 5.74) is 4.77. The Labute approximate surface area is 157 Å². The lowest BCUT2D eigenvalue weighted by atomic mass is 10.0. The number of aryl methyl sites for hydroxylation is 1. The Balaban J connectivity index is 1.36. The number of aromatic amines is 1. The fourth-order valence-electron chi connectivity index (χ4n) is 3.53. The van der Waals surface area contributed by atoms with Gasteiger partial charge in [0.1, 0.15) is 5.82 Å². The van der Waals surface area contributed by atoms with Gasteiger partial charge in [0, 0.05) is 37.2 Å². The van der Waals surface area contributed by atoms with E-state index in [2.05, 4.69) is 35.5 Å². The van der Waals surface area contributed by atoms with Gasteiger partial charge >= 0.3 is 6.03 Å². The van der Waals surface area contributed by atoms with Crippen LogP contribution in [0, 0.1) is 13.8 Å². The number of amides is 2. The number of H-pyrrole nitrogens is 1. The van der Waals surface area contributed by atoms with E-state index in [9.17, 15) is 4.79 Å². The molecule has 1 aromatic carbocycles. The Morgan fingerprint density at radius 1 is 1.19 bits per heavy atom. The van der Waals surface area contributed by atoms with E-state index in [1.165, 1.54) is 0 Å². The number of hydrogen-bond acceptors (Lipinski definition) is 5. The van der Waals surface area contributed by atoms with Crippen LogP contribution in [0.3, 0.4) is 0 Å². The molecule has 0 aliphatic carbocycles. The van der Waals surface area contributed by atoms with E-state index in [1.54, 1.807) is 24.9 Å². The molecule has 140 valence electrons. The van der Waals surface area contributed by atoms with Crippen LogP contribution < -0.4 is 15.5 Å². The number of benzene rings is 1. The van der Waals surface area contributed by atoms with E-state index in [-0.39, 0.29) is 12.1 Å². The molecule has 3 heterocycles. The third kappa shape index (κ3) is 3.55. The minimum absolute atomic E-state index is 0.148. The predicted octanol–water partition coefficient (Wildman–Crippen LogP) is 2.76. The Morgan fingerprint density at radius 3 is 2.74 bits per heavy atom. The van der Waals surface area contributed by atoms with E-state index in [0.29, 0.717) is 0 Å². The van der Waals surface area contributed by atoms with E-state index in [1.807, 2.05) is 19.9 Å². The monoisotopic (exact) mass is 365 g/mol. The highest BCUT2D eigenvalue weighted by molar-refractivity contribution is 5.94. The molecule has 0 saturated carbocycles. The Hall–Kier alpha value is -3.16. The number of nitrogens with zero attached hydrogens (tertiary/aromatic N) is 4. The molecule has 1 aliphatic heterocycles. The lowest BCUT2D eigenvalue weighted by Crippen LogP contribution is -2.46. The number of rotatable bonds is 3. The summed E-state index contributed by atoms with van der Waals surface area (Å²) >= 11 is 0. The van der Waals surface area contributed by atoms with Crippen molar-refractivity contribution >= 4 is 28.6 Å². The van der Waals surface area contributed by atoms with Crippen LogP contribution in [0.1, 0.15) is 24.0 Å². The van der Waals surface area contributed by atoms with Crippen LogP contribution in [0.2, 0.25) is 0 Å². The minimum Gasteiger partial charge on any atom is -0.355 e. The first-order valence-corrected chi connectivity index (χ1v) is 9.13. The lowest BCUT2D eigenvalue weighted by molar-refractivity contribution is 0.246. The second-order valence-corrected chi connectivity index (χ2v) is 6.90. The van der Waals surface area contributed by atoms with Crippen molar-refractivity contribution in [1.29, 1.82) is 0 Å². The fraction of sp³-hybridized carbons (Fsp3) is 0.368. The van der Waals surface area contributed by atoms with Crippen molar-refractivity contribution in [3.63, 3.8) is 0 Å². The van der Waals surface area contributed by atoms with E-state index in [0.717, 1.165) is 59.6 Å². The van der Waals surface area contributed by atoms with Crippen LogP contribution in [0.25, 0.3) is 11.0 Å². The van der Waals surface area contributed by atoms with E-state index >= 15 is 0 Å². The standard InChI is InChI=1S/C19H23N7O/c1-12-13(2)18-16(22-11-23-18)9-15(12)25-19(27)24-14-3-7-26(8-4-14)17-10-20-5-6-21-17/h5-6,9-11,14H,3-4,7-8H2,1-2H3,(H,22,23)(H2,24,25,27). The molecule has 0 spiro atoms. The summed E-state index contributed by atoms with van der Waals surface area (Å²) in [7, 11) is 0. The molecule has 3 aromatic rings. The highest BCUT2D eigenvalue weighted by Crippen LogP contribution is 2.26. The molecule has 8 heteroatoms. The maximum absolute atomic E-state index is 12.5. The summed E-state index contributed by atoms with van der Waals surface area (Å²) < 4.78 is 0. The normalized spacial score (nSPS) is 15.1. The van der Waals surface area contributed by atoms with Gasteiger partial charge in [0.2, 0.25) is 0 Å². The largest absolute Gasteiger partial charge is 0.355 e. The van der Waals surface area contributed by atoms with Crippen LogP contribution in [0.4, 0.5) is 16.3 Å². The average molecular weight is 365 g/mol. The van der Waals surface area contributed by atoms with Crippen molar-refractivity contribution in [3.8, 4) is 0 Å². The molecule has 4 rings (SSSR count). The number of urea groups is 1. The molecule has 2 amide bonds. The maximum atomic E-state index is 12.5. The molecule has 3 N–H and O–H groups in total. The second-order valence-electron chi connectivity index (χ2n) is 6.90. The molecule has 2 aromatic heterocycles. The summed E-state index contributed by atoms with van der Waals surface area (Å²) in [6.45, 7) is 5.71. The van der Waals surface area contributed by atoms with Crippen molar-refractivity contribution in [2.24, 2.45) is 0 Å². The first kappa shape index (κ1) is 17.3. The third-order valence-corrected chi connectivity index (χ3v) is 5.23. The van der Waals surface area contributed by atoms with Crippen molar-refractivity contribution in [2.75, 3.05) is 23.3 Å². The topological polar surface area (TPSA) is 98.8 Å². The number of carbonyl (C=O) groups is 1. The van der Waals surface area contributed by atoms with Gasteiger partial charge in [-0.25, -0.2) is 14.8 Å². The van der Waals surface area contributed by atoms with Crippen molar-refractivity contribution in [3.05, 3.63) is 42.1 Å². The zero-order valence-electron chi connectivity index (χ0n) is 15.5. The van der Waals surface area contributed by atoms with Gasteiger partial charge in [-0.05, 0) is 43.9 Å². The molecule has 1 saturated heterocycles. The highest BCUT2D eigenvalue weighted by atomic mass is 16.2. The first-order valence-electron chi connectivity index (χ1n) is 9.13. The summed E-state index contributed by atoms with van der Waals surface area (Å²) in [6, 6.07) is 1.91. The predicted molar refractivity (Wildman–Crippen MR) is 105 cm³/mol. The van der Waals surface area contributed by atoms with Crippen LogP contribution in [-0.4, -0.2) is 45.1 Å². The van der Waals surface area contributed by atoms with Crippen molar-refractivity contribution in [1.82, 2.24) is 25.3 Å². The smallest absolute Gasteiger partial charge is 0.319 e. The van der Waals surface area contributed by atoms with Crippen molar-refractivity contribution < 1.29 is 4.79 Å². The Kier molecular flexibility index (Phi) is 4.62. The average Bonchev–Trinajstić information content (AvgIpc) is 3.16. The lowest BCUT2D eigenvalue weighted by Gasteiger charge is -2.32. The zero-order valence-corrected chi connectivity index (χ0v) is 15.5. The molecule has 8 nitrogen and oxygen atoms in total. The van der Waals surface area contributed by atoms with Gasteiger partial charge in [0.05, 0.1) is 23.6 Å². The number of nitrogens with one attached hydrogen (secondary N) is 3. The Bertz CT molecular complexity index is 945. The number of piperidine rings is 1. The van der Waals surface area contributed by atoms with Crippen LogP contribution in [0.15, 0.2) is 31.0 Å². The molecular weight excluding hydrogens is 342 g/mol. The molecule has 0 unspecified atom stereocenters. The number of anilines is 2. The SMILES string of the molecule is Cc1c(NC(=O)NC2CCN(c3cnccn3)CC2)cc2[nH]cnc2c1C. The van der Waals surface area contributed by atoms with Crippen LogP contribution in [-0.2, 0) is 0 Å². The van der Waals surface area contributed by atoms with Gasteiger partial charge < -0.3 is 20.5 Å². The molecule has 1 fully saturated rings. The van der Waals surface area contributed by atoms with Gasteiger partial charge in [-0.2, -0.15) is 0 Å². The van der Waals surface area contributed by atoms with Crippen molar-refractivity contribution in [2.45, 2.75) is 32.7 Å². The first-order chi connectivity index (χ1) is 13.1. The number of carbonyl (C=O) groups excluding carboxylic acids is 1. The fourth-order valence-corrected chi connectivity index (χ4v) is 3.53. The molecule has 1 aliphatic rings. The summed E-state index contributed by atoms with van der Waals surface area (Å²) in [5, 5.41) is 6.08. The molecule has 0 atom stereocenters.